The first-order chi connectivity index (χ1) is 13.4. The second-order valence-corrected chi connectivity index (χ2v) is 8.60. The van der Waals surface area contributed by atoms with E-state index in [1.165, 1.54) is 18.5 Å². The fourth-order valence-corrected chi connectivity index (χ4v) is 4.55. The van der Waals surface area contributed by atoms with Crippen LogP contribution in [0, 0.1) is 0 Å². The molecule has 2 aromatic carbocycles. The average Bonchev–Trinajstić information content (AvgIpc) is 2.72. The number of amides is 1. The number of carbonyl (C=O) groups excluding carboxylic acids is 1. The lowest BCUT2D eigenvalue weighted by atomic mass is 10.0. The Morgan fingerprint density at radius 2 is 1.96 bits per heavy atom. The summed E-state index contributed by atoms with van der Waals surface area (Å²) in [7, 11) is -0.319. The number of rotatable bonds is 6. The summed E-state index contributed by atoms with van der Waals surface area (Å²) in [5.74, 6) is 0.562. The van der Waals surface area contributed by atoms with Crippen LogP contribution in [-0.4, -0.2) is 40.8 Å². The fourth-order valence-electron chi connectivity index (χ4n) is 3.35. The number of para-hydroxylation sites is 1. The van der Waals surface area contributed by atoms with Crippen LogP contribution in [0.25, 0.3) is 0 Å². The average molecular weight is 404 g/mol. The quantitative estimate of drug-likeness (QED) is 0.800. The maximum absolute atomic E-state index is 12.7. The van der Waals surface area contributed by atoms with Crippen molar-refractivity contribution < 1.29 is 22.7 Å². The number of fused-ring (bicyclic) bond motifs is 1. The molecule has 150 valence electrons. The molecule has 3 rings (SSSR count). The summed E-state index contributed by atoms with van der Waals surface area (Å²) in [6.07, 6.45) is 1.50. The molecule has 8 heteroatoms. The van der Waals surface area contributed by atoms with Gasteiger partial charge in [0.25, 0.3) is 5.91 Å². The highest BCUT2D eigenvalue weighted by Crippen LogP contribution is 2.33. The Kier molecular flexibility index (Phi) is 5.79. The number of nitrogens with zero attached hydrogens (tertiary/aromatic N) is 1. The van der Waals surface area contributed by atoms with Crippen LogP contribution in [0.2, 0.25) is 0 Å². The molecule has 0 aromatic heterocycles. The predicted octanol–water partition coefficient (Wildman–Crippen LogP) is 3.06. The van der Waals surface area contributed by atoms with Gasteiger partial charge in [-0.25, -0.2) is 8.42 Å². The zero-order valence-electron chi connectivity index (χ0n) is 16.2. The largest absolute Gasteiger partial charge is 0.493 e. The predicted molar refractivity (Wildman–Crippen MR) is 109 cm³/mol. The minimum absolute atomic E-state index is 0.0561. The molecule has 28 heavy (non-hydrogen) atoms. The van der Waals surface area contributed by atoms with E-state index in [-0.39, 0.29) is 11.7 Å². The fraction of sp³-hybridized carbons (Fsp3) is 0.350. The van der Waals surface area contributed by atoms with Crippen LogP contribution in [0.15, 0.2) is 36.4 Å². The van der Waals surface area contributed by atoms with Crippen molar-refractivity contribution >= 4 is 27.3 Å². The highest BCUT2D eigenvalue weighted by atomic mass is 32.2. The van der Waals surface area contributed by atoms with Crippen LogP contribution in [-0.2, 0) is 16.4 Å². The standard InChI is InChI=1S/C20H24N2O5S/c1-4-28(24,25)22-12-6-7-14-13-15(10-11-17(14)22)21-20(23)16-8-5-9-18(26-2)19(16)27-3/h5,8-11,13H,4,6-7,12H2,1-3H3,(H,21,23). The molecule has 0 unspecified atom stereocenters. The molecule has 0 spiro atoms. The summed E-state index contributed by atoms with van der Waals surface area (Å²) in [5, 5.41) is 2.86. The number of benzene rings is 2. The number of nitrogens with one attached hydrogen (secondary N) is 1. The first-order valence-corrected chi connectivity index (χ1v) is 10.7. The van der Waals surface area contributed by atoms with Gasteiger partial charge in [-0.15, -0.1) is 0 Å². The molecule has 0 atom stereocenters. The SMILES string of the molecule is CCS(=O)(=O)N1CCCc2cc(NC(=O)c3cccc(OC)c3OC)ccc21. The summed E-state index contributed by atoms with van der Waals surface area (Å²) in [6.45, 7) is 2.12. The third kappa shape index (κ3) is 3.77. The lowest BCUT2D eigenvalue weighted by Crippen LogP contribution is -2.36. The number of carbonyl (C=O) groups is 1. The molecule has 2 aromatic rings. The molecule has 7 nitrogen and oxygen atoms in total. The van der Waals surface area contributed by atoms with E-state index in [4.69, 9.17) is 9.47 Å². The Bertz CT molecular complexity index is 988. The summed E-state index contributed by atoms with van der Waals surface area (Å²) in [6, 6.07) is 10.4. The number of hydrogen-bond acceptors (Lipinski definition) is 5. The number of hydrogen-bond donors (Lipinski definition) is 1. The molecular weight excluding hydrogens is 380 g/mol. The summed E-state index contributed by atoms with van der Waals surface area (Å²) >= 11 is 0. The van der Waals surface area contributed by atoms with Crippen molar-refractivity contribution in [1.82, 2.24) is 0 Å². The summed E-state index contributed by atoms with van der Waals surface area (Å²) < 4.78 is 36.7. The van der Waals surface area contributed by atoms with E-state index < -0.39 is 10.0 Å². The van der Waals surface area contributed by atoms with Crippen LogP contribution >= 0.6 is 0 Å². The molecule has 0 saturated carbocycles. The Labute approximate surface area is 165 Å². The van der Waals surface area contributed by atoms with Gasteiger partial charge in [0.15, 0.2) is 11.5 Å². The van der Waals surface area contributed by atoms with Gasteiger partial charge in [0.05, 0.1) is 31.2 Å². The molecule has 0 bridgehead atoms. The van der Waals surface area contributed by atoms with E-state index >= 15 is 0 Å². The number of ether oxygens (including phenoxy) is 2. The maximum Gasteiger partial charge on any atom is 0.259 e. The van der Waals surface area contributed by atoms with Gasteiger partial charge in [-0.1, -0.05) is 6.07 Å². The van der Waals surface area contributed by atoms with Crippen LogP contribution in [0.1, 0.15) is 29.3 Å². The van der Waals surface area contributed by atoms with Gasteiger partial charge in [-0.3, -0.25) is 9.10 Å². The molecule has 1 aliphatic heterocycles. The van der Waals surface area contributed by atoms with Crippen molar-refractivity contribution in [3.8, 4) is 11.5 Å². The zero-order valence-corrected chi connectivity index (χ0v) is 17.0. The Morgan fingerprint density at radius 1 is 1.18 bits per heavy atom. The molecule has 0 fully saturated rings. The Balaban J connectivity index is 1.88. The maximum atomic E-state index is 12.7. The van der Waals surface area contributed by atoms with Gasteiger partial charge in [-0.2, -0.15) is 0 Å². The first-order valence-electron chi connectivity index (χ1n) is 9.07. The van der Waals surface area contributed by atoms with E-state index in [1.54, 1.807) is 37.3 Å². The number of aryl methyl sites for hydroxylation is 1. The van der Waals surface area contributed by atoms with Gasteiger partial charge < -0.3 is 14.8 Å². The molecule has 0 saturated heterocycles. The van der Waals surface area contributed by atoms with Crippen LogP contribution in [0.5, 0.6) is 11.5 Å². The molecule has 1 heterocycles. The van der Waals surface area contributed by atoms with E-state index in [9.17, 15) is 13.2 Å². The molecule has 1 N–H and O–H groups in total. The molecule has 1 aliphatic rings. The molecular formula is C20H24N2O5S. The molecule has 0 aliphatic carbocycles. The van der Waals surface area contributed by atoms with Crippen molar-refractivity contribution in [3.63, 3.8) is 0 Å². The zero-order chi connectivity index (χ0) is 20.3. The van der Waals surface area contributed by atoms with E-state index in [1.807, 2.05) is 6.07 Å². The van der Waals surface area contributed by atoms with E-state index in [0.717, 1.165) is 18.4 Å². The van der Waals surface area contributed by atoms with E-state index in [0.29, 0.717) is 35.0 Å². The van der Waals surface area contributed by atoms with Crippen LogP contribution < -0.4 is 19.1 Å². The second kappa shape index (κ2) is 8.10. The topological polar surface area (TPSA) is 84.9 Å². The van der Waals surface area contributed by atoms with E-state index in [2.05, 4.69) is 5.32 Å². The van der Waals surface area contributed by atoms with Gasteiger partial charge in [0.1, 0.15) is 0 Å². The minimum atomic E-state index is -3.31. The highest BCUT2D eigenvalue weighted by molar-refractivity contribution is 7.92. The number of sulfonamides is 1. The van der Waals surface area contributed by atoms with Crippen molar-refractivity contribution in [1.29, 1.82) is 0 Å². The Hall–Kier alpha value is -2.74. The monoisotopic (exact) mass is 404 g/mol. The van der Waals surface area contributed by atoms with Crippen LogP contribution in [0.4, 0.5) is 11.4 Å². The number of methoxy groups -OCH3 is 2. The van der Waals surface area contributed by atoms with Gasteiger partial charge in [0.2, 0.25) is 10.0 Å². The summed E-state index contributed by atoms with van der Waals surface area (Å²) in [4.78, 5) is 12.7. The second-order valence-electron chi connectivity index (χ2n) is 6.41. The van der Waals surface area contributed by atoms with Crippen LogP contribution in [0.3, 0.4) is 0 Å². The lowest BCUT2D eigenvalue weighted by Gasteiger charge is -2.30. The first kappa shape index (κ1) is 20.0. The smallest absolute Gasteiger partial charge is 0.259 e. The molecule has 0 radical (unpaired) electrons. The van der Waals surface area contributed by atoms with Gasteiger partial charge in [-0.05, 0) is 55.7 Å². The number of anilines is 2. The normalized spacial score (nSPS) is 13.6. The van der Waals surface area contributed by atoms with Gasteiger partial charge in [0, 0.05) is 12.2 Å². The van der Waals surface area contributed by atoms with Crippen molar-refractivity contribution in [2.45, 2.75) is 19.8 Å². The van der Waals surface area contributed by atoms with Crippen molar-refractivity contribution in [3.05, 3.63) is 47.5 Å². The molecule has 1 amide bonds. The minimum Gasteiger partial charge on any atom is -0.493 e. The Morgan fingerprint density at radius 3 is 2.64 bits per heavy atom. The third-order valence-corrected chi connectivity index (χ3v) is 6.54. The summed E-state index contributed by atoms with van der Waals surface area (Å²) in [5.41, 5.74) is 2.54. The van der Waals surface area contributed by atoms with Crippen molar-refractivity contribution in [2.75, 3.05) is 36.1 Å². The van der Waals surface area contributed by atoms with Gasteiger partial charge >= 0.3 is 0 Å². The third-order valence-electron chi connectivity index (χ3n) is 4.76. The lowest BCUT2D eigenvalue weighted by molar-refractivity contribution is 0.102. The van der Waals surface area contributed by atoms with Crippen molar-refractivity contribution in [2.24, 2.45) is 0 Å². The highest BCUT2D eigenvalue weighted by Gasteiger charge is 2.26.